The van der Waals surface area contributed by atoms with Crippen molar-refractivity contribution in [2.24, 2.45) is 11.7 Å². The van der Waals surface area contributed by atoms with Crippen molar-refractivity contribution in [2.45, 2.75) is 25.0 Å². The van der Waals surface area contributed by atoms with E-state index in [4.69, 9.17) is 5.73 Å². The van der Waals surface area contributed by atoms with E-state index in [2.05, 4.69) is 0 Å². The van der Waals surface area contributed by atoms with E-state index in [0.717, 1.165) is 0 Å². The second-order valence-electron chi connectivity index (χ2n) is 4.34. The minimum Gasteiger partial charge on any atom is -0.391 e. The Labute approximate surface area is 99.2 Å². The van der Waals surface area contributed by atoms with Crippen LogP contribution in [-0.2, 0) is 0 Å². The van der Waals surface area contributed by atoms with E-state index >= 15 is 0 Å². The number of aliphatic hydroxyl groups is 1. The van der Waals surface area contributed by atoms with Crippen LogP contribution < -0.4 is 5.73 Å². The van der Waals surface area contributed by atoms with Gasteiger partial charge in [-0.05, 0) is 18.8 Å². The van der Waals surface area contributed by atoms with Crippen molar-refractivity contribution in [3.05, 3.63) is 34.6 Å². The summed E-state index contributed by atoms with van der Waals surface area (Å²) in [5, 5.41) is 9.61. The Kier molecular flexibility index (Phi) is 3.29. The van der Waals surface area contributed by atoms with Gasteiger partial charge in [0.15, 0.2) is 23.3 Å². The summed E-state index contributed by atoms with van der Waals surface area (Å²) in [4.78, 5) is 0. The Morgan fingerprint density at radius 1 is 0.889 bits per heavy atom. The van der Waals surface area contributed by atoms with Crippen LogP contribution in [0.1, 0.15) is 24.4 Å². The maximum absolute atomic E-state index is 13.4. The average Bonchev–Trinajstić information content (AvgIpc) is 3.17. The second-order valence-corrected chi connectivity index (χ2v) is 4.34. The molecule has 2 rings (SSSR count). The molecule has 2 nitrogen and oxygen atoms in total. The van der Waals surface area contributed by atoms with Crippen molar-refractivity contribution in [2.75, 3.05) is 0 Å². The topological polar surface area (TPSA) is 46.2 Å². The van der Waals surface area contributed by atoms with Crippen LogP contribution in [0.2, 0.25) is 0 Å². The first-order valence-electron chi connectivity index (χ1n) is 5.31. The summed E-state index contributed by atoms with van der Waals surface area (Å²) >= 11 is 0. The summed E-state index contributed by atoms with van der Waals surface area (Å²) in [5.74, 6) is -10.6. The zero-order chi connectivity index (χ0) is 13.6. The molecule has 2 atom stereocenters. The maximum atomic E-state index is 13.4. The van der Waals surface area contributed by atoms with Crippen LogP contribution in [0.3, 0.4) is 0 Å². The fourth-order valence-corrected chi connectivity index (χ4v) is 1.82. The van der Waals surface area contributed by atoms with E-state index < -0.39 is 46.8 Å². The van der Waals surface area contributed by atoms with Gasteiger partial charge >= 0.3 is 0 Å². The van der Waals surface area contributed by atoms with Gasteiger partial charge in [0.1, 0.15) is 0 Å². The molecule has 0 bridgehead atoms. The number of aliphatic hydroxyl groups excluding tert-OH is 1. The van der Waals surface area contributed by atoms with Gasteiger partial charge in [-0.1, -0.05) is 0 Å². The van der Waals surface area contributed by atoms with Gasteiger partial charge in [0.2, 0.25) is 5.82 Å². The summed E-state index contributed by atoms with van der Waals surface area (Å²) in [6, 6.07) is -1.64. The van der Waals surface area contributed by atoms with E-state index in [1.54, 1.807) is 0 Å². The number of halogens is 5. The van der Waals surface area contributed by atoms with E-state index in [-0.39, 0.29) is 5.92 Å². The highest BCUT2D eigenvalue weighted by molar-refractivity contribution is 5.28. The first-order valence-corrected chi connectivity index (χ1v) is 5.31. The highest BCUT2D eigenvalue weighted by Gasteiger charge is 2.38. The van der Waals surface area contributed by atoms with Crippen LogP contribution in [0.15, 0.2) is 0 Å². The highest BCUT2D eigenvalue weighted by Crippen LogP contribution is 2.39. The van der Waals surface area contributed by atoms with Gasteiger partial charge in [-0.3, -0.25) is 0 Å². The number of rotatable bonds is 3. The molecule has 0 unspecified atom stereocenters. The van der Waals surface area contributed by atoms with Gasteiger partial charge in [0.05, 0.1) is 12.1 Å². The normalized spacial score (nSPS) is 18.8. The van der Waals surface area contributed by atoms with Crippen LogP contribution in [0, 0.1) is 35.0 Å². The Hall–Kier alpha value is -1.21. The number of hydrogen-bond acceptors (Lipinski definition) is 2. The molecule has 3 N–H and O–H groups in total. The third-order valence-corrected chi connectivity index (χ3v) is 3.05. The molecule has 0 saturated heterocycles. The van der Waals surface area contributed by atoms with Gasteiger partial charge < -0.3 is 10.8 Å². The lowest BCUT2D eigenvalue weighted by molar-refractivity contribution is 0.118. The molecule has 7 heteroatoms. The van der Waals surface area contributed by atoms with Crippen molar-refractivity contribution < 1.29 is 27.1 Å². The third kappa shape index (κ3) is 1.97. The fourth-order valence-electron chi connectivity index (χ4n) is 1.82. The maximum Gasteiger partial charge on any atom is 0.200 e. The van der Waals surface area contributed by atoms with Crippen LogP contribution in [0.4, 0.5) is 22.0 Å². The van der Waals surface area contributed by atoms with Crippen molar-refractivity contribution >= 4 is 0 Å². The molecular formula is C11H10F5NO. The first kappa shape index (κ1) is 13.2. The molecule has 0 spiro atoms. The minimum atomic E-state index is -2.23. The predicted molar refractivity (Wildman–Crippen MR) is 51.9 cm³/mol. The van der Waals surface area contributed by atoms with E-state index in [1.807, 2.05) is 0 Å². The van der Waals surface area contributed by atoms with E-state index in [1.165, 1.54) is 0 Å². The smallest absolute Gasteiger partial charge is 0.200 e. The highest BCUT2D eigenvalue weighted by atomic mass is 19.2. The Bertz CT molecular complexity index is 460. The van der Waals surface area contributed by atoms with Gasteiger partial charge in [0, 0.05) is 5.56 Å². The molecule has 0 aromatic heterocycles. The molecule has 0 amide bonds. The molecule has 1 aliphatic carbocycles. The second kappa shape index (κ2) is 4.47. The zero-order valence-electron chi connectivity index (χ0n) is 9.06. The summed E-state index contributed by atoms with van der Waals surface area (Å²) < 4.78 is 65.5. The zero-order valence-corrected chi connectivity index (χ0v) is 9.06. The molecule has 1 aromatic rings. The number of nitrogens with two attached hydrogens (primary N) is 1. The quantitative estimate of drug-likeness (QED) is 0.501. The first-order chi connectivity index (χ1) is 8.36. The van der Waals surface area contributed by atoms with Crippen molar-refractivity contribution in [3.8, 4) is 0 Å². The van der Waals surface area contributed by atoms with Crippen LogP contribution in [-0.4, -0.2) is 11.2 Å². The molecular weight excluding hydrogens is 257 g/mol. The van der Waals surface area contributed by atoms with Crippen molar-refractivity contribution in [3.63, 3.8) is 0 Å². The summed E-state index contributed by atoms with van der Waals surface area (Å²) in [5.41, 5.74) is 4.22. The van der Waals surface area contributed by atoms with E-state index in [9.17, 15) is 27.1 Å². The van der Waals surface area contributed by atoms with Gasteiger partial charge in [0.25, 0.3) is 0 Å². The average molecular weight is 267 g/mol. The number of benzene rings is 1. The molecule has 0 radical (unpaired) electrons. The van der Waals surface area contributed by atoms with Gasteiger partial charge in [-0.15, -0.1) is 0 Å². The van der Waals surface area contributed by atoms with Crippen LogP contribution in [0.25, 0.3) is 0 Å². The lowest BCUT2D eigenvalue weighted by Crippen LogP contribution is -2.30. The molecule has 0 heterocycles. The fraction of sp³-hybridized carbons (Fsp3) is 0.455. The third-order valence-electron chi connectivity index (χ3n) is 3.05. The monoisotopic (exact) mass is 267 g/mol. The predicted octanol–water partition coefficient (Wildman–Crippen LogP) is 2.15. The lowest BCUT2D eigenvalue weighted by Gasteiger charge is -2.20. The largest absolute Gasteiger partial charge is 0.391 e. The van der Waals surface area contributed by atoms with Crippen molar-refractivity contribution in [1.29, 1.82) is 0 Å². The molecule has 1 saturated carbocycles. The molecule has 18 heavy (non-hydrogen) atoms. The van der Waals surface area contributed by atoms with Gasteiger partial charge in [-0.2, -0.15) is 0 Å². The Morgan fingerprint density at radius 3 is 1.67 bits per heavy atom. The molecule has 0 aliphatic heterocycles. The lowest BCUT2D eigenvalue weighted by atomic mass is 9.97. The minimum absolute atomic E-state index is 0.255. The Morgan fingerprint density at radius 2 is 1.28 bits per heavy atom. The summed E-state index contributed by atoms with van der Waals surface area (Å²) in [7, 11) is 0. The molecule has 1 aromatic carbocycles. The molecule has 1 fully saturated rings. The van der Waals surface area contributed by atoms with Crippen molar-refractivity contribution in [1.82, 2.24) is 0 Å². The van der Waals surface area contributed by atoms with E-state index in [0.29, 0.717) is 12.8 Å². The summed E-state index contributed by atoms with van der Waals surface area (Å²) in [6.07, 6.45) is -0.0904. The SMILES string of the molecule is N[C@@H](c1c(F)c(F)c(F)c(F)c1F)[C@H](O)C1CC1. The van der Waals surface area contributed by atoms with Crippen LogP contribution >= 0.6 is 0 Å². The number of hydrogen-bond donors (Lipinski definition) is 2. The molecule has 100 valence electrons. The summed E-state index contributed by atoms with van der Waals surface area (Å²) in [6.45, 7) is 0. The van der Waals surface area contributed by atoms with Gasteiger partial charge in [-0.25, -0.2) is 22.0 Å². The standard InChI is InChI=1S/C11H10F5NO/c12-5-4(10(17)11(18)3-1-2-3)6(13)8(15)9(16)7(5)14/h3,10-11,18H,1-2,17H2/t10-,11+/m0/s1. The Balaban J connectivity index is 2.49. The molecule has 1 aliphatic rings. The van der Waals surface area contributed by atoms with Crippen LogP contribution in [0.5, 0.6) is 0 Å².